The van der Waals surface area contributed by atoms with Gasteiger partial charge in [0.05, 0.1) is 13.7 Å². The summed E-state index contributed by atoms with van der Waals surface area (Å²) in [6.45, 7) is 3.37. The standard InChI is InChI=1S/C10H16O6/c1-10(2)15-7(4-11)8(16-10)5-14-6-9(12)13-3/h4,7-8H,5-6H2,1-3H3/t7-,8+/m1/s1. The van der Waals surface area contributed by atoms with E-state index in [1.807, 2.05) is 0 Å². The second-order valence-electron chi connectivity index (χ2n) is 3.87. The molecule has 16 heavy (non-hydrogen) atoms. The molecule has 0 N–H and O–H groups in total. The molecule has 0 aromatic heterocycles. The Bertz CT molecular complexity index is 262. The van der Waals surface area contributed by atoms with Crippen LogP contribution in [-0.2, 0) is 28.5 Å². The van der Waals surface area contributed by atoms with E-state index >= 15 is 0 Å². The van der Waals surface area contributed by atoms with Gasteiger partial charge < -0.3 is 23.7 Å². The largest absolute Gasteiger partial charge is 0.467 e. The third-order valence-corrected chi connectivity index (χ3v) is 2.09. The molecule has 1 rings (SSSR count). The van der Waals surface area contributed by atoms with Gasteiger partial charge >= 0.3 is 5.97 Å². The van der Waals surface area contributed by atoms with Crippen LogP contribution in [0.3, 0.4) is 0 Å². The summed E-state index contributed by atoms with van der Waals surface area (Å²) >= 11 is 0. The minimum Gasteiger partial charge on any atom is -0.467 e. The van der Waals surface area contributed by atoms with E-state index in [0.717, 1.165) is 0 Å². The highest BCUT2D eigenvalue weighted by Gasteiger charge is 2.41. The molecule has 0 aromatic rings. The summed E-state index contributed by atoms with van der Waals surface area (Å²) in [5, 5.41) is 0. The minimum atomic E-state index is -0.801. The molecule has 0 amide bonds. The molecule has 0 saturated carbocycles. The summed E-state index contributed by atoms with van der Waals surface area (Å²) in [6, 6.07) is 0. The molecule has 2 atom stereocenters. The molecular formula is C10H16O6. The predicted molar refractivity (Wildman–Crippen MR) is 52.7 cm³/mol. The van der Waals surface area contributed by atoms with Gasteiger partial charge in [-0.2, -0.15) is 0 Å². The normalized spacial score (nSPS) is 27.7. The second-order valence-corrected chi connectivity index (χ2v) is 3.87. The number of methoxy groups -OCH3 is 1. The van der Waals surface area contributed by atoms with E-state index in [9.17, 15) is 9.59 Å². The smallest absolute Gasteiger partial charge is 0.331 e. The maximum Gasteiger partial charge on any atom is 0.331 e. The molecule has 1 fully saturated rings. The van der Waals surface area contributed by atoms with Crippen molar-refractivity contribution in [2.45, 2.75) is 31.8 Å². The predicted octanol–water partition coefficient (Wildman–Crippen LogP) is -0.105. The van der Waals surface area contributed by atoms with Crippen LogP contribution in [0.5, 0.6) is 0 Å². The molecule has 1 aliphatic heterocycles. The van der Waals surface area contributed by atoms with E-state index in [0.29, 0.717) is 6.29 Å². The van der Waals surface area contributed by atoms with E-state index in [-0.39, 0.29) is 13.2 Å². The fraction of sp³-hybridized carbons (Fsp3) is 0.800. The summed E-state index contributed by atoms with van der Waals surface area (Å²) in [6.07, 6.45) is -0.481. The third kappa shape index (κ3) is 3.55. The average molecular weight is 232 g/mol. The van der Waals surface area contributed by atoms with Crippen LogP contribution in [0.25, 0.3) is 0 Å². The van der Waals surface area contributed by atoms with Gasteiger partial charge in [-0.3, -0.25) is 0 Å². The minimum absolute atomic E-state index is 0.113. The average Bonchev–Trinajstić information content (AvgIpc) is 2.53. The fourth-order valence-corrected chi connectivity index (χ4v) is 1.42. The van der Waals surface area contributed by atoms with Gasteiger partial charge in [-0.15, -0.1) is 0 Å². The Kier molecular flexibility index (Phi) is 4.40. The maximum absolute atomic E-state index is 10.8. The van der Waals surface area contributed by atoms with E-state index in [1.54, 1.807) is 13.8 Å². The van der Waals surface area contributed by atoms with Crippen LogP contribution in [0.1, 0.15) is 13.8 Å². The van der Waals surface area contributed by atoms with Crippen LogP contribution in [0.2, 0.25) is 0 Å². The van der Waals surface area contributed by atoms with Crippen molar-refractivity contribution in [1.82, 2.24) is 0 Å². The Morgan fingerprint density at radius 2 is 2.12 bits per heavy atom. The fourth-order valence-electron chi connectivity index (χ4n) is 1.42. The van der Waals surface area contributed by atoms with Crippen LogP contribution in [0.15, 0.2) is 0 Å². The molecule has 0 radical (unpaired) electrons. The number of carbonyl (C=O) groups is 2. The highest BCUT2D eigenvalue weighted by molar-refractivity contribution is 5.70. The van der Waals surface area contributed by atoms with Crippen molar-refractivity contribution in [2.24, 2.45) is 0 Å². The Morgan fingerprint density at radius 1 is 1.44 bits per heavy atom. The SMILES string of the molecule is COC(=O)COC[C@@H]1OC(C)(C)O[C@@H]1C=O. The summed E-state index contributed by atoms with van der Waals surface area (Å²) in [5.74, 6) is -1.27. The Morgan fingerprint density at radius 3 is 2.69 bits per heavy atom. The maximum atomic E-state index is 10.8. The molecule has 0 aromatic carbocycles. The number of hydrogen-bond donors (Lipinski definition) is 0. The molecule has 92 valence electrons. The van der Waals surface area contributed by atoms with Crippen molar-refractivity contribution in [3.8, 4) is 0 Å². The lowest BCUT2D eigenvalue weighted by Gasteiger charge is -2.16. The molecule has 1 saturated heterocycles. The zero-order chi connectivity index (χ0) is 12.2. The van der Waals surface area contributed by atoms with Crippen LogP contribution in [0, 0.1) is 0 Å². The first kappa shape index (κ1) is 13.1. The van der Waals surface area contributed by atoms with Gasteiger partial charge in [0.2, 0.25) is 0 Å². The number of ether oxygens (including phenoxy) is 4. The molecular weight excluding hydrogens is 216 g/mol. The number of rotatable bonds is 5. The summed E-state index contributed by atoms with van der Waals surface area (Å²) < 4.78 is 20.2. The van der Waals surface area contributed by atoms with Crippen molar-refractivity contribution >= 4 is 12.3 Å². The van der Waals surface area contributed by atoms with Gasteiger partial charge in [0, 0.05) is 0 Å². The molecule has 0 bridgehead atoms. The first-order valence-corrected chi connectivity index (χ1v) is 4.94. The summed E-state index contributed by atoms with van der Waals surface area (Å²) in [7, 11) is 1.28. The first-order valence-electron chi connectivity index (χ1n) is 4.94. The molecule has 6 heteroatoms. The third-order valence-electron chi connectivity index (χ3n) is 2.09. The molecule has 1 aliphatic rings. The molecule has 1 heterocycles. The van der Waals surface area contributed by atoms with Gasteiger partial charge in [0.1, 0.15) is 18.8 Å². The summed E-state index contributed by atoms with van der Waals surface area (Å²) in [4.78, 5) is 21.5. The zero-order valence-electron chi connectivity index (χ0n) is 9.60. The van der Waals surface area contributed by atoms with Crippen LogP contribution in [-0.4, -0.2) is 50.6 Å². The second kappa shape index (κ2) is 5.38. The number of carbonyl (C=O) groups excluding carboxylic acids is 2. The van der Waals surface area contributed by atoms with Gasteiger partial charge in [-0.25, -0.2) is 4.79 Å². The molecule has 6 nitrogen and oxygen atoms in total. The number of aldehydes is 1. The van der Waals surface area contributed by atoms with Gasteiger partial charge in [-0.1, -0.05) is 0 Å². The van der Waals surface area contributed by atoms with Crippen LogP contribution < -0.4 is 0 Å². The van der Waals surface area contributed by atoms with Gasteiger partial charge in [-0.05, 0) is 13.8 Å². The Hall–Kier alpha value is -0.980. The van der Waals surface area contributed by atoms with E-state index < -0.39 is 24.0 Å². The topological polar surface area (TPSA) is 71.1 Å². The van der Waals surface area contributed by atoms with Crippen LogP contribution in [0.4, 0.5) is 0 Å². The molecule has 0 unspecified atom stereocenters. The zero-order valence-corrected chi connectivity index (χ0v) is 9.60. The van der Waals surface area contributed by atoms with Gasteiger partial charge in [0.15, 0.2) is 12.1 Å². The van der Waals surface area contributed by atoms with Crippen molar-refractivity contribution in [3.05, 3.63) is 0 Å². The quantitative estimate of drug-likeness (QED) is 0.486. The Balaban J connectivity index is 2.36. The van der Waals surface area contributed by atoms with E-state index in [1.165, 1.54) is 7.11 Å². The van der Waals surface area contributed by atoms with Crippen molar-refractivity contribution in [1.29, 1.82) is 0 Å². The van der Waals surface area contributed by atoms with Crippen molar-refractivity contribution in [2.75, 3.05) is 20.3 Å². The van der Waals surface area contributed by atoms with Crippen molar-refractivity contribution < 1.29 is 28.5 Å². The number of hydrogen-bond acceptors (Lipinski definition) is 6. The lowest BCUT2D eigenvalue weighted by molar-refractivity contribution is -0.156. The highest BCUT2D eigenvalue weighted by atomic mass is 16.8. The van der Waals surface area contributed by atoms with E-state index in [2.05, 4.69) is 4.74 Å². The summed E-state index contributed by atoms with van der Waals surface area (Å²) in [5.41, 5.74) is 0. The highest BCUT2D eigenvalue weighted by Crippen LogP contribution is 2.27. The Labute approximate surface area is 93.8 Å². The van der Waals surface area contributed by atoms with Crippen LogP contribution >= 0.6 is 0 Å². The molecule has 0 aliphatic carbocycles. The van der Waals surface area contributed by atoms with E-state index in [4.69, 9.17) is 14.2 Å². The van der Waals surface area contributed by atoms with Gasteiger partial charge in [0.25, 0.3) is 0 Å². The first-order chi connectivity index (χ1) is 7.48. The lowest BCUT2D eigenvalue weighted by Crippen LogP contribution is -2.30. The number of esters is 1. The monoisotopic (exact) mass is 232 g/mol. The molecule has 0 spiro atoms. The van der Waals surface area contributed by atoms with Crippen molar-refractivity contribution in [3.63, 3.8) is 0 Å². The lowest BCUT2D eigenvalue weighted by atomic mass is 10.2.